The smallest absolute Gasteiger partial charge is 0.266 e. The van der Waals surface area contributed by atoms with E-state index in [-0.39, 0.29) is 11.9 Å². The second-order valence-electron chi connectivity index (χ2n) is 6.19. The average Bonchev–Trinajstić information content (AvgIpc) is 3.30. The van der Waals surface area contributed by atoms with E-state index in [4.69, 9.17) is 11.6 Å². The maximum atomic E-state index is 13.0. The molecule has 4 rings (SSSR count). The lowest BCUT2D eigenvalue weighted by Gasteiger charge is -2.33. The molecule has 1 aliphatic heterocycles. The van der Waals surface area contributed by atoms with Gasteiger partial charge in [0.2, 0.25) is 0 Å². The molecule has 2 aromatic heterocycles. The van der Waals surface area contributed by atoms with Crippen LogP contribution in [-0.4, -0.2) is 42.5 Å². The minimum Gasteiger partial charge on any atom is -0.327 e. The number of aryl methyl sites for hydroxylation is 1. The summed E-state index contributed by atoms with van der Waals surface area (Å²) in [6, 6.07) is 7.09. The van der Waals surface area contributed by atoms with E-state index in [0.29, 0.717) is 22.3 Å². The van der Waals surface area contributed by atoms with Crippen LogP contribution in [0.2, 0.25) is 5.02 Å². The second kappa shape index (κ2) is 7.13. The fourth-order valence-electron chi connectivity index (χ4n) is 3.15. The minimum atomic E-state index is -0.175. The molecule has 0 saturated carbocycles. The van der Waals surface area contributed by atoms with Crippen molar-refractivity contribution < 1.29 is 4.79 Å². The third-order valence-corrected chi connectivity index (χ3v) is 5.62. The Morgan fingerprint density at radius 2 is 2.23 bits per heavy atom. The highest BCUT2D eigenvalue weighted by Crippen LogP contribution is 2.31. The van der Waals surface area contributed by atoms with Crippen molar-refractivity contribution in [1.82, 2.24) is 30.1 Å². The van der Waals surface area contributed by atoms with Gasteiger partial charge in [-0.25, -0.2) is 4.98 Å². The van der Waals surface area contributed by atoms with Gasteiger partial charge in [0.1, 0.15) is 4.88 Å². The van der Waals surface area contributed by atoms with E-state index in [1.807, 2.05) is 24.0 Å². The molecule has 1 atom stereocenters. The molecule has 0 radical (unpaired) electrons. The van der Waals surface area contributed by atoms with Gasteiger partial charge in [-0.15, -0.1) is 26.3 Å². The van der Waals surface area contributed by atoms with E-state index in [1.54, 1.807) is 17.6 Å². The fourth-order valence-corrected chi connectivity index (χ4v) is 4.09. The molecule has 0 bridgehead atoms. The van der Waals surface area contributed by atoms with E-state index in [0.717, 1.165) is 30.6 Å². The van der Waals surface area contributed by atoms with Crippen LogP contribution in [0.4, 0.5) is 0 Å². The van der Waals surface area contributed by atoms with Crippen LogP contribution in [0.5, 0.6) is 0 Å². The van der Waals surface area contributed by atoms with Crippen LogP contribution in [0.1, 0.15) is 46.5 Å². The van der Waals surface area contributed by atoms with Gasteiger partial charge in [0.15, 0.2) is 5.82 Å². The summed E-state index contributed by atoms with van der Waals surface area (Å²) in [5, 5.41) is 13.5. The van der Waals surface area contributed by atoms with Gasteiger partial charge in [0, 0.05) is 11.6 Å². The molecule has 0 aliphatic carbocycles. The highest BCUT2D eigenvalue weighted by Gasteiger charge is 2.33. The van der Waals surface area contributed by atoms with Crippen LogP contribution in [0.25, 0.3) is 5.69 Å². The topological polar surface area (TPSA) is 76.8 Å². The molecule has 9 heteroatoms. The molecular weight excluding hydrogens is 372 g/mol. The van der Waals surface area contributed by atoms with Crippen LogP contribution in [0.15, 0.2) is 29.8 Å². The number of hydrogen-bond acceptors (Lipinski definition) is 6. The first-order chi connectivity index (χ1) is 12.6. The number of aromatic nitrogens is 5. The molecule has 7 nitrogen and oxygen atoms in total. The number of tetrazole rings is 1. The molecule has 0 N–H and O–H groups in total. The number of halogens is 1. The molecule has 1 unspecified atom stereocenters. The number of hydrogen-bond donors (Lipinski definition) is 0. The number of piperidine rings is 1. The molecule has 1 aromatic carbocycles. The van der Waals surface area contributed by atoms with E-state index < -0.39 is 0 Å². The zero-order valence-electron chi connectivity index (χ0n) is 14.2. The predicted molar refractivity (Wildman–Crippen MR) is 98.6 cm³/mol. The van der Waals surface area contributed by atoms with E-state index in [1.165, 1.54) is 16.1 Å². The van der Waals surface area contributed by atoms with Crippen molar-refractivity contribution in [2.24, 2.45) is 0 Å². The fraction of sp³-hybridized carbons (Fsp3) is 0.353. The maximum absolute atomic E-state index is 13.0. The Labute approximate surface area is 159 Å². The summed E-state index contributed by atoms with van der Waals surface area (Å²) >= 11 is 7.41. The lowest BCUT2D eigenvalue weighted by molar-refractivity contribution is 0.0604. The van der Waals surface area contributed by atoms with Crippen LogP contribution >= 0.6 is 22.9 Å². The highest BCUT2D eigenvalue weighted by atomic mass is 35.5. The number of likely N-dealkylation sites (tertiary alicyclic amines) is 1. The SMILES string of the molecule is Cc1ncsc1C(=O)N1CCCCC1c1nnn(-c2cccc(Cl)c2)n1. The number of amides is 1. The van der Waals surface area contributed by atoms with Gasteiger partial charge in [-0.3, -0.25) is 4.79 Å². The quantitative estimate of drug-likeness (QED) is 0.686. The van der Waals surface area contributed by atoms with Crippen molar-refractivity contribution in [2.45, 2.75) is 32.2 Å². The van der Waals surface area contributed by atoms with Gasteiger partial charge >= 0.3 is 0 Å². The first-order valence-corrected chi connectivity index (χ1v) is 9.66. The van der Waals surface area contributed by atoms with Crippen LogP contribution in [-0.2, 0) is 0 Å². The standard InChI is InChI=1S/C17H17ClN6OS/c1-11-15(26-10-19-11)17(25)23-8-3-2-7-14(23)16-20-22-24(21-16)13-6-4-5-12(18)9-13/h4-6,9-10,14H,2-3,7-8H2,1H3. The number of benzene rings is 1. The van der Waals surface area contributed by atoms with Gasteiger partial charge in [0.25, 0.3) is 5.91 Å². The molecule has 1 aliphatic rings. The molecule has 1 saturated heterocycles. The third kappa shape index (κ3) is 3.22. The summed E-state index contributed by atoms with van der Waals surface area (Å²) < 4.78 is 0. The Kier molecular flexibility index (Phi) is 4.69. The van der Waals surface area contributed by atoms with Gasteiger partial charge in [-0.05, 0) is 49.6 Å². The molecular formula is C17H17ClN6OS. The second-order valence-corrected chi connectivity index (χ2v) is 7.49. The Balaban J connectivity index is 1.63. The number of rotatable bonds is 3. The number of nitrogens with zero attached hydrogens (tertiary/aromatic N) is 6. The van der Waals surface area contributed by atoms with Crippen molar-refractivity contribution in [3.63, 3.8) is 0 Å². The zero-order chi connectivity index (χ0) is 18.1. The van der Waals surface area contributed by atoms with Crippen LogP contribution < -0.4 is 0 Å². The Hall–Kier alpha value is -2.32. The molecule has 1 amide bonds. The molecule has 3 heterocycles. The van der Waals surface area contributed by atoms with Crippen molar-refractivity contribution in [3.05, 3.63) is 51.2 Å². The summed E-state index contributed by atoms with van der Waals surface area (Å²) in [6.45, 7) is 2.54. The summed E-state index contributed by atoms with van der Waals surface area (Å²) in [5.74, 6) is 0.550. The molecule has 1 fully saturated rings. The van der Waals surface area contributed by atoms with Gasteiger partial charge in [-0.2, -0.15) is 0 Å². The average molecular weight is 389 g/mol. The van der Waals surface area contributed by atoms with Crippen molar-refractivity contribution in [1.29, 1.82) is 0 Å². The predicted octanol–water partition coefficient (Wildman–Crippen LogP) is 3.45. The number of thiazole rings is 1. The third-order valence-electron chi connectivity index (χ3n) is 4.47. The summed E-state index contributed by atoms with van der Waals surface area (Å²) in [4.78, 5) is 21.2. The molecule has 134 valence electrons. The summed E-state index contributed by atoms with van der Waals surface area (Å²) in [6.07, 6.45) is 2.83. The van der Waals surface area contributed by atoms with E-state index >= 15 is 0 Å². The summed E-state index contributed by atoms with van der Waals surface area (Å²) in [7, 11) is 0. The van der Waals surface area contributed by atoms with Crippen LogP contribution in [0, 0.1) is 6.92 Å². The van der Waals surface area contributed by atoms with Crippen molar-refractivity contribution in [3.8, 4) is 5.69 Å². The maximum Gasteiger partial charge on any atom is 0.266 e. The van der Waals surface area contributed by atoms with Gasteiger partial charge in [-0.1, -0.05) is 17.7 Å². The monoisotopic (exact) mass is 388 g/mol. The Morgan fingerprint density at radius 1 is 1.35 bits per heavy atom. The molecule has 26 heavy (non-hydrogen) atoms. The van der Waals surface area contributed by atoms with E-state index in [9.17, 15) is 4.79 Å². The van der Waals surface area contributed by atoms with Gasteiger partial charge in [0.05, 0.1) is 22.9 Å². The zero-order valence-corrected chi connectivity index (χ0v) is 15.7. The highest BCUT2D eigenvalue weighted by molar-refractivity contribution is 7.11. The van der Waals surface area contributed by atoms with E-state index in [2.05, 4.69) is 20.4 Å². The molecule has 0 spiro atoms. The minimum absolute atomic E-state index is 0.00574. The first-order valence-electron chi connectivity index (χ1n) is 8.40. The normalized spacial score (nSPS) is 17.5. The first kappa shape index (κ1) is 17.1. The van der Waals surface area contributed by atoms with Gasteiger partial charge < -0.3 is 4.90 Å². The Morgan fingerprint density at radius 3 is 3.00 bits per heavy atom. The van der Waals surface area contributed by atoms with Crippen LogP contribution in [0.3, 0.4) is 0 Å². The lowest BCUT2D eigenvalue weighted by Crippen LogP contribution is -2.39. The number of carbonyl (C=O) groups excluding carboxylic acids is 1. The largest absolute Gasteiger partial charge is 0.327 e. The lowest BCUT2D eigenvalue weighted by atomic mass is 10.0. The van der Waals surface area contributed by atoms with Crippen molar-refractivity contribution in [2.75, 3.05) is 6.54 Å². The van der Waals surface area contributed by atoms with Crippen molar-refractivity contribution >= 4 is 28.8 Å². The molecule has 3 aromatic rings. The number of carbonyl (C=O) groups is 1. The summed E-state index contributed by atoms with van der Waals surface area (Å²) in [5.41, 5.74) is 3.21. The Bertz CT molecular complexity index is 939.